The van der Waals surface area contributed by atoms with Crippen LogP contribution in [0.25, 0.3) is 0 Å². The summed E-state index contributed by atoms with van der Waals surface area (Å²) < 4.78 is 4.98. The molecule has 1 heterocycles. The molecule has 0 bridgehead atoms. The van der Waals surface area contributed by atoms with Gasteiger partial charge >= 0.3 is 0 Å². The number of hydrogen-bond donors (Lipinski definition) is 1. The topological polar surface area (TPSA) is 71.1 Å². The van der Waals surface area contributed by atoms with Crippen LogP contribution in [0.15, 0.2) is 0 Å². The molecule has 0 saturated carbocycles. The lowest BCUT2D eigenvalue weighted by Gasteiger charge is -2.18. The molecule has 0 aliphatic heterocycles. The first kappa shape index (κ1) is 14.6. The maximum atomic E-state index is 12.1. The highest BCUT2D eigenvalue weighted by atomic mass is 16.5. The molecule has 0 aliphatic rings. The van der Waals surface area contributed by atoms with Gasteiger partial charge in [-0.2, -0.15) is 0 Å². The van der Waals surface area contributed by atoms with Crippen LogP contribution in [-0.2, 0) is 10.2 Å². The minimum absolute atomic E-state index is 0.144. The van der Waals surface area contributed by atoms with E-state index in [-0.39, 0.29) is 17.1 Å². The standard InChI is InChI=1S/C12H22N4O2/c1-6-16(7-8-18-5)10(17)9-13-11(15-14-9)12(2,3)4/h6-8H2,1-5H3,(H,13,14,15). The van der Waals surface area contributed by atoms with Crippen molar-refractivity contribution in [3.05, 3.63) is 11.6 Å². The Bertz CT molecular complexity index is 395. The Hall–Kier alpha value is -1.43. The van der Waals surface area contributed by atoms with E-state index >= 15 is 0 Å². The van der Waals surface area contributed by atoms with E-state index in [2.05, 4.69) is 15.2 Å². The lowest BCUT2D eigenvalue weighted by atomic mass is 9.96. The van der Waals surface area contributed by atoms with Gasteiger partial charge in [0.15, 0.2) is 0 Å². The van der Waals surface area contributed by atoms with E-state index in [1.54, 1.807) is 12.0 Å². The van der Waals surface area contributed by atoms with Gasteiger partial charge in [0, 0.05) is 25.6 Å². The summed E-state index contributed by atoms with van der Waals surface area (Å²) in [6.07, 6.45) is 0. The number of H-pyrrole nitrogens is 1. The Kier molecular flexibility index (Phi) is 4.84. The average Bonchev–Trinajstić information content (AvgIpc) is 2.78. The van der Waals surface area contributed by atoms with Gasteiger partial charge < -0.3 is 9.64 Å². The van der Waals surface area contributed by atoms with Crippen molar-refractivity contribution in [1.29, 1.82) is 0 Å². The second-order valence-electron chi connectivity index (χ2n) is 5.14. The number of carbonyl (C=O) groups is 1. The normalized spacial score (nSPS) is 11.6. The number of hydrogen-bond acceptors (Lipinski definition) is 4. The van der Waals surface area contributed by atoms with E-state index in [1.165, 1.54) is 0 Å². The number of likely N-dealkylation sites (N-methyl/N-ethyl adjacent to an activating group) is 1. The van der Waals surface area contributed by atoms with Crippen molar-refractivity contribution in [3.63, 3.8) is 0 Å². The third-order valence-corrected chi connectivity index (χ3v) is 2.62. The molecule has 0 aromatic carbocycles. The lowest BCUT2D eigenvalue weighted by Crippen LogP contribution is -2.34. The van der Waals surface area contributed by atoms with Gasteiger partial charge in [0.05, 0.1) is 6.61 Å². The summed E-state index contributed by atoms with van der Waals surface area (Å²) in [5, 5.41) is 6.81. The van der Waals surface area contributed by atoms with Gasteiger partial charge in [0.1, 0.15) is 5.82 Å². The highest BCUT2D eigenvalue weighted by Gasteiger charge is 2.23. The molecule has 1 N–H and O–H groups in total. The molecule has 0 atom stereocenters. The van der Waals surface area contributed by atoms with Gasteiger partial charge in [-0.25, -0.2) is 4.98 Å². The highest BCUT2D eigenvalue weighted by Crippen LogP contribution is 2.17. The Labute approximate surface area is 108 Å². The number of nitrogens with zero attached hydrogens (tertiary/aromatic N) is 3. The van der Waals surface area contributed by atoms with Crippen LogP contribution in [0.1, 0.15) is 44.1 Å². The predicted molar refractivity (Wildman–Crippen MR) is 68.5 cm³/mol. The van der Waals surface area contributed by atoms with Crippen LogP contribution in [0.4, 0.5) is 0 Å². The van der Waals surface area contributed by atoms with Crippen LogP contribution in [0.5, 0.6) is 0 Å². The fourth-order valence-electron chi connectivity index (χ4n) is 1.44. The summed E-state index contributed by atoms with van der Waals surface area (Å²) in [6.45, 7) is 9.65. The first-order chi connectivity index (χ1) is 8.40. The summed E-state index contributed by atoms with van der Waals surface area (Å²) in [5.74, 6) is 0.771. The average molecular weight is 254 g/mol. The number of nitrogens with one attached hydrogen (secondary N) is 1. The number of methoxy groups -OCH3 is 1. The van der Waals surface area contributed by atoms with E-state index in [4.69, 9.17) is 4.74 Å². The molecule has 0 aliphatic carbocycles. The molecular formula is C12H22N4O2. The van der Waals surface area contributed by atoms with Gasteiger partial charge in [-0.3, -0.25) is 9.89 Å². The zero-order chi connectivity index (χ0) is 13.8. The number of aromatic amines is 1. The Morgan fingerprint density at radius 1 is 1.44 bits per heavy atom. The number of rotatable bonds is 5. The smallest absolute Gasteiger partial charge is 0.293 e. The zero-order valence-corrected chi connectivity index (χ0v) is 11.8. The SMILES string of the molecule is CCN(CCOC)C(=O)c1n[nH]c(C(C)(C)C)n1. The first-order valence-corrected chi connectivity index (χ1v) is 6.11. The number of amides is 1. The van der Waals surface area contributed by atoms with Gasteiger partial charge in [-0.15, -0.1) is 5.10 Å². The summed E-state index contributed by atoms with van der Waals surface area (Å²) >= 11 is 0. The second-order valence-corrected chi connectivity index (χ2v) is 5.14. The molecule has 6 nitrogen and oxygen atoms in total. The predicted octanol–water partition coefficient (Wildman–Crippen LogP) is 1.21. The van der Waals surface area contributed by atoms with Gasteiger partial charge in [0.2, 0.25) is 5.82 Å². The van der Waals surface area contributed by atoms with Crippen molar-refractivity contribution in [2.45, 2.75) is 33.1 Å². The lowest BCUT2D eigenvalue weighted by molar-refractivity contribution is 0.0695. The van der Waals surface area contributed by atoms with Crippen LogP contribution in [-0.4, -0.2) is 52.8 Å². The summed E-state index contributed by atoms with van der Waals surface area (Å²) in [7, 11) is 1.61. The molecule has 6 heteroatoms. The van der Waals surface area contributed by atoms with Crippen molar-refractivity contribution in [3.8, 4) is 0 Å². The quantitative estimate of drug-likeness (QED) is 0.857. The van der Waals surface area contributed by atoms with Crippen molar-refractivity contribution < 1.29 is 9.53 Å². The van der Waals surface area contributed by atoms with Crippen molar-refractivity contribution in [2.24, 2.45) is 0 Å². The molecule has 1 rings (SSSR count). The monoisotopic (exact) mass is 254 g/mol. The Balaban J connectivity index is 2.79. The third-order valence-electron chi connectivity index (χ3n) is 2.62. The minimum Gasteiger partial charge on any atom is -0.383 e. The maximum Gasteiger partial charge on any atom is 0.293 e. The van der Waals surface area contributed by atoms with Gasteiger partial charge in [0.25, 0.3) is 5.91 Å². The molecular weight excluding hydrogens is 232 g/mol. The van der Waals surface area contributed by atoms with E-state index in [1.807, 2.05) is 27.7 Å². The molecule has 18 heavy (non-hydrogen) atoms. The largest absolute Gasteiger partial charge is 0.383 e. The highest BCUT2D eigenvalue weighted by molar-refractivity contribution is 5.90. The Morgan fingerprint density at radius 3 is 2.56 bits per heavy atom. The zero-order valence-electron chi connectivity index (χ0n) is 11.8. The van der Waals surface area contributed by atoms with Crippen molar-refractivity contribution in [1.82, 2.24) is 20.1 Å². The van der Waals surface area contributed by atoms with E-state index < -0.39 is 0 Å². The second kappa shape index (κ2) is 5.95. The fraction of sp³-hybridized carbons (Fsp3) is 0.750. The van der Waals surface area contributed by atoms with Crippen molar-refractivity contribution in [2.75, 3.05) is 26.8 Å². The molecule has 102 valence electrons. The molecule has 0 fully saturated rings. The van der Waals surface area contributed by atoms with Gasteiger partial charge in [-0.1, -0.05) is 20.8 Å². The molecule has 0 saturated heterocycles. The van der Waals surface area contributed by atoms with Crippen LogP contribution >= 0.6 is 0 Å². The molecule has 0 spiro atoms. The molecule has 0 unspecified atom stereocenters. The summed E-state index contributed by atoms with van der Waals surface area (Å²) in [6, 6.07) is 0. The van der Waals surface area contributed by atoms with E-state index in [0.29, 0.717) is 25.5 Å². The van der Waals surface area contributed by atoms with Crippen LogP contribution in [0.2, 0.25) is 0 Å². The molecule has 1 aromatic heterocycles. The molecule has 1 aromatic rings. The molecule has 0 radical (unpaired) electrons. The maximum absolute atomic E-state index is 12.1. The van der Waals surface area contributed by atoms with Gasteiger partial charge in [-0.05, 0) is 6.92 Å². The van der Waals surface area contributed by atoms with Crippen LogP contribution < -0.4 is 0 Å². The van der Waals surface area contributed by atoms with Crippen LogP contribution in [0.3, 0.4) is 0 Å². The Morgan fingerprint density at radius 2 is 2.11 bits per heavy atom. The summed E-state index contributed by atoms with van der Waals surface area (Å²) in [5.41, 5.74) is -0.144. The van der Waals surface area contributed by atoms with Crippen LogP contribution in [0, 0.1) is 0 Å². The minimum atomic E-state index is -0.165. The number of aromatic nitrogens is 3. The third kappa shape index (κ3) is 3.53. The fourth-order valence-corrected chi connectivity index (χ4v) is 1.44. The van der Waals surface area contributed by atoms with Crippen molar-refractivity contribution >= 4 is 5.91 Å². The van der Waals surface area contributed by atoms with E-state index in [9.17, 15) is 4.79 Å². The summed E-state index contributed by atoms with van der Waals surface area (Å²) in [4.78, 5) is 18.1. The number of carbonyl (C=O) groups excluding carboxylic acids is 1. The number of ether oxygens (including phenoxy) is 1. The molecule has 1 amide bonds. The van der Waals surface area contributed by atoms with E-state index in [0.717, 1.165) is 0 Å². The first-order valence-electron chi connectivity index (χ1n) is 6.11.